The predicted molar refractivity (Wildman–Crippen MR) is 89.8 cm³/mol. The van der Waals surface area contributed by atoms with Crippen molar-refractivity contribution in [2.75, 3.05) is 0 Å². The van der Waals surface area contributed by atoms with Gasteiger partial charge >= 0.3 is 10.3 Å². The molecule has 0 bridgehead atoms. The van der Waals surface area contributed by atoms with Crippen LogP contribution in [0.3, 0.4) is 0 Å². The van der Waals surface area contributed by atoms with Crippen LogP contribution in [0.1, 0.15) is 56.1 Å². The van der Waals surface area contributed by atoms with E-state index in [2.05, 4.69) is 6.92 Å². The van der Waals surface area contributed by atoms with Crippen molar-refractivity contribution in [2.45, 2.75) is 51.4 Å². The molecule has 4 rings (SSSR count). The average Bonchev–Trinajstić information content (AvgIpc) is 2.81. The summed E-state index contributed by atoms with van der Waals surface area (Å²) >= 11 is 0. The molecule has 0 heterocycles. The zero-order valence-electron chi connectivity index (χ0n) is 13.8. The monoisotopic (exact) mass is 349 g/mol. The van der Waals surface area contributed by atoms with Gasteiger partial charge < -0.3 is 4.18 Å². The van der Waals surface area contributed by atoms with Crippen molar-refractivity contribution in [1.29, 1.82) is 0 Å². The van der Waals surface area contributed by atoms with Gasteiger partial charge in [-0.2, -0.15) is 13.6 Å². The van der Waals surface area contributed by atoms with Crippen LogP contribution in [0.25, 0.3) is 0 Å². The highest BCUT2D eigenvalue weighted by Gasteiger charge is 2.54. The fourth-order valence-corrected chi connectivity index (χ4v) is 5.89. The first-order chi connectivity index (χ1) is 11.3. The van der Waals surface area contributed by atoms with Crippen molar-refractivity contribution in [3.8, 4) is 5.75 Å². The molecule has 0 unspecified atom stereocenters. The molecule has 24 heavy (non-hydrogen) atoms. The summed E-state index contributed by atoms with van der Waals surface area (Å²) in [5.74, 6) is 2.27. The summed E-state index contributed by atoms with van der Waals surface area (Å²) in [6, 6.07) is 5.49. The van der Waals surface area contributed by atoms with Crippen LogP contribution >= 0.6 is 0 Å². The zero-order valence-corrected chi connectivity index (χ0v) is 14.6. The molecule has 1 aromatic carbocycles. The summed E-state index contributed by atoms with van der Waals surface area (Å²) in [5.41, 5.74) is 2.34. The van der Waals surface area contributed by atoms with Gasteiger partial charge in [-0.3, -0.25) is 4.79 Å². The van der Waals surface area contributed by atoms with Gasteiger partial charge in [-0.05, 0) is 73.1 Å². The second-order valence-electron chi connectivity index (χ2n) is 7.77. The van der Waals surface area contributed by atoms with E-state index in [4.69, 9.17) is 9.32 Å². The number of carbonyl (C=O) groups excluding carboxylic acids is 1. The van der Waals surface area contributed by atoms with Gasteiger partial charge in [-0.1, -0.05) is 13.0 Å². The summed E-state index contributed by atoms with van der Waals surface area (Å²) in [4.78, 5) is 12.3. The molecular weight excluding hydrogens is 326 g/mol. The van der Waals surface area contributed by atoms with Crippen LogP contribution in [0.15, 0.2) is 18.2 Å². The highest BCUT2D eigenvalue weighted by molar-refractivity contribution is 7.84. The van der Waals surface area contributed by atoms with Gasteiger partial charge in [-0.15, -0.1) is 0 Å². The van der Waals surface area contributed by atoms with Crippen LogP contribution in [0.2, 0.25) is 0 Å². The van der Waals surface area contributed by atoms with Gasteiger partial charge in [0.05, 0.1) is 0 Å². The Kier molecular flexibility index (Phi) is 3.55. The third-order valence-corrected chi connectivity index (χ3v) is 7.04. The minimum atomic E-state index is -3.99. The molecule has 2 fully saturated rings. The predicted octanol–water partition coefficient (Wildman–Crippen LogP) is 2.69. The Morgan fingerprint density at radius 2 is 2.00 bits per heavy atom. The fraction of sp³-hybridized carbons (Fsp3) is 0.611. The van der Waals surface area contributed by atoms with Gasteiger partial charge in [-0.25, -0.2) is 0 Å². The van der Waals surface area contributed by atoms with E-state index in [1.54, 1.807) is 6.07 Å². The average molecular weight is 349 g/mol. The van der Waals surface area contributed by atoms with E-state index < -0.39 is 10.3 Å². The lowest BCUT2D eigenvalue weighted by Crippen LogP contribution is -2.42. The smallest absolute Gasteiger partial charge is 0.371 e. The second-order valence-corrected chi connectivity index (χ2v) is 8.92. The molecule has 0 saturated heterocycles. The first-order valence-electron chi connectivity index (χ1n) is 8.66. The Labute approximate surface area is 142 Å². The van der Waals surface area contributed by atoms with Gasteiger partial charge in [0.25, 0.3) is 0 Å². The van der Waals surface area contributed by atoms with E-state index in [9.17, 15) is 13.2 Å². The van der Waals surface area contributed by atoms with Crippen molar-refractivity contribution >= 4 is 16.1 Å². The summed E-state index contributed by atoms with van der Waals surface area (Å²) in [7, 11) is -3.99. The molecule has 0 aliphatic heterocycles. The summed E-state index contributed by atoms with van der Waals surface area (Å²) in [5, 5.41) is 4.95. The highest BCUT2D eigenvalue weighted by Crippen LogP contribution is 2.59. The minimum Gasteiger partial charge on any atom is -0.371 e. The molecule has 3 aliphatic carbocycles. The normalized spacial score (nSPS) is 35.1. The number of carbonyl (C=O) groups is 1. The summed E-state index contributed by atoms with van der Waals surface area (Å²) < 4.78 is 27.0. The zero-order chi connectivity index (χ0) is 17.1. The molecule has 1 aromatic rings. The number of benzene rings is 1. The molecule has 5 nitrogen and oxygen atoms in total. The number of nitrogens with two attached hydrogens (primary N) is 1. The Morgan fingerprint density at radius 1 is 1.21 bits per heavy atom. The van der Waals surface area contributed by atoms with Crippen molar-refractivity contribution < 1.29 is 17.4 Å². The summed E-state index contributed by atoms with van der Waals surface area (Å²) in [6.07, 6.45) is 5.72. The van der Waals surface area contributed by atoms with Crippen molar-refractivity contribution in [2.24, 2.45) is 22.4 Å². The standard InChI is InChI=1S/C18H23NO4S/c1-18-9-8-14-13-5-3-12(23-24(19,21)22)10-11(13)2-4-15(14)16(18)6-7-17(18)20/h3,5,10,14-16H,2,4,6-9H2,1H3,(H2,19,21,22)/t14-,15+,16+,18+/m1/s1. The first-order valence-corrected chi connectivity index (χ1v) is 10.1. The largest absolute Gasteiger partial charge is 0.380 e. The van der Waals surface area contributed by atoms with Crippen LogP contribution < -0.4 is 9.32 Å². The molecule has 6 heteroatoms. The van der Waals surface area contributed by atoms with Crippen LogP contribution in [0.5, 0.6) is 5.75 Å². The molecule has 0 radical (unpaired) electrons. The molecule has 3 aliphatic rings. The SMILES string of the molecule is C[C@]12CC[C@@H]3c4ccc(OS(N)(=O)=O)cc4CC[C@@H]3[C@@H]1CCC2=O. The lowest BCUT2D eigenvalue weighted by atomic mass is 9.55. The molecular formula is C18H23NO4S. The van der Waals surface area contributed by atoms with E-state index in [0.717, 1.165) is 44.1 Å². The number of ketones is 1. The van der Waals surface area contributed by atoms with Crippen LogP contribution in [-0.4, -0.2) is 14.2 Å². The van der Waals surface area contributed by atoms with E-state index in [1.165, 1.54) is 5.56 Å². The third-order valence-electron chi connectivity index (χ3n) is 6.62. The van der Waals surface area contributed by atoms with E-state index in [1.807, 2.05) is 12.1 Å². The van der Waals surface area contributed by atoms with E-state index in [0.29, 0.717) is 23.5 Å². The molecule has 0 aromatic heterocycles. The Morgan fingerprint density at radius 3 is 2.75 bits per heavy atom. The quantitative estimate of drug-likeness (QED) is 0.889. The topological polar surface area (TPSA) is 86.5 Å². The Hall–Kier alpha value is -1.40. The molecule has 0 amide bonds. The lowest BCUT2D eigenvalue weighted by molar-refractivity contribution is -0.129. The number of hydrogen-bond acceptors (Lipinski definition) is 4. The number of aryl methyl sites for hydroxylation is 1. The van der Waals surface area contributed by atoms with E-state index >= 15 is 0 Å². The Balaban J connectivity index is 1.65. The minimum absolute atomic E-state index is 0.116. The highest BCUT2D eigenvalue weighted by atomic mass is 32.2. The fourth-order valence-electron chi connectivity index (χ4n) is 5.52. The van der Waals surface area contributed by atoms with Crippen molar-refractivity contribution in [1.82, 2.24) is 0 Å². The molecule has 4 atom stereocenters. The van der Waals surface area contributed by atoms with Gasteiger partial charge in [0.1, 0.15) is 11.5 Å². The number of rotatable bonds is 2. The van der Waals surface area contributed by atoms with Gasteiger partial charge in [0, 0.05) is 11.8 Å². The molecule has 2 saturated carbocycles. The molecule has 130 valence electrons. The van der Waals surface area contributed by atoms with E-state index in [-0.39, 0.29) is 11.2 Å². The maximum atomic E-state index is 12.3. The Bertz CT molecular complexity index is 803. The van der Waals surface area contributed by atoms with Crippen LogP contribution in [0.4, 0.5) is 0 Å². The van der Waals surface area contributed by atoms with Crippen molar-refractivity contribution in [3.63, 3.8) is 0 Å². The first kappa shape index (κ1) is 16.1. The number of hydrogen-bond donors (Lipinski definition) is 1. The molecule has 0 spiro atoms. The maximum absolute atomic E-state index is 12.3. The van der Waals surface area contributed by atoms with Crippen molar-refractivity contribution in [3.05, 3.63) is 29.3 Å². The van der Waals surface area contributed by atoms with Gasteiger partial charge in [0.15, 0.2) is 0 Å². The van der Waals surface area contributed by atoms with Crippen LogP contribution in [-0.2, 0) is 21.5 Å². The number of Topliss-reactive ketones (excluding diaryl/α,β-unsaturated/α-hetero) is 1. The second kappa shape index (κ2) is 5.30. The van der Waals surface area contributed by atoms with Crippen LogP contribution in [0, 0.1) is 17.3 Å². The number of fused-ring (bicyclic) bond motifs is 5. The third kappa shape index (κ3) is 2.47. The molecule has 2 N–H and O–H groups in total. The summed E-state index contributed by atoms with van der Waals surface area (Å²) in [6.45, 7) is 2.17. The lowest BCUT2D eigenvalue weighted by Gasteiger charge is -2.48. The van der Waals surface area contributed by atoms with Gasteiger partial charge in [0.2, 0.25) is 0 Å². The maximum Gasteiger partial charge on any atom is 0.380 e.